The average molecular weight is 943 g/mol. The number of carbonyl (C=O) groups is 5. The Hall–Kier alpha value is -6.27. The molecule has 18 heteroatoms. The van der Waals surface area contributed by atoms with Gasteiger partial charge < -0.3 is 24.3 Å². The number of aryl methyl sites for hydroxylation is 1. The molecule has 5 amide bonds. The van der Waals surface area contributed by atoms with Crippen LogP contribution in [-0.4, -0.2) is 129 Å². The summed E-state index contributed by atoms with van der Waals surface area (Å²) in [6.07, 6.45) is 3.42. The fraction of sp³-hybridized carbons (Fsp3) is 0.480. The second-order valence-electron chi connectivity index (χ2n) is 19.0. The second-order valence-corrected chi connectivity index (χ2v) is 19.0. The number of hydrogen-bond acceptors (Lipinski definition) is 9. The van der Waals surface area contributed by atoms with Crippen LogP contribution in [0.15, 0.2) is 73.4 Å². The molecule has 4 atom stereocenters. The summed E-state index contributed by atoms with van der Waals surface area (Å²) in [6, 6.07) is 13.5. The van der Waals surface area contributed by atoms with Gasteiger partial charge >= 0.3 is 17.9 Å². The maximum atomic E-state index is 16.3. The van der Waals surface area contributed by atoms with Crippen LogP contribution in [0.5, 0.6) is 0 Å². The fourth-order valence-corrected chi connectivity index (χ4v) is 9.58. The molecule has 6 bridgehead atoms. The van der Waals surface area contributed by atoms with Crippen molar-refractivity contribution in [1.29, 1.82) is 0 Å². The molecule has 2 fully saturated rings. The third kappa shape index (κ3) is 9.44. The number of hydrazine groups is 2. The van der Waals surface area contributed by atoms with Crippen LogP contribution >= 0.6 is 0 Å². The largest absolute Gasteiger partial charge is 0.464 e. The van der Waals surface area contributed by atoms with Crippen molar-refractivity contribution in [3.05, 3.63) is 90.3 Å². The molecule has 3 aliphatic heterocycles. The number of esters is 1. The summed E-state index contributed by atoms with van der Waals surface area (Å²) >= 11 is 0. The van der Waals surface area contributed by atoms with Gasteiger partial charge in [-0.05, 0) is 99.6 Å². The number of methoxy groups -OCH3 is 1. The lowest BCUT2D eigenvalue weighted by Crippen LogP contribution is -2.65. The maximum Gasteiger partial charge on any atom is 0.337 e. The number of urea groups is 1. The molecule has 0 aliphatic carbocycles. The predicted octanol–water partition coefficient (Wildman–Crippen LogP) is 6.80. The molecule has 2 aromatic heterocycles. The number of cyclic esters (lactones) is 1. The average Bonchev–Trinajstić information content (AvgIpc) is 3.76. The number of fused-ring (bicyclic) bond motifs is 6. The van der Waals surface area contributed by atoms with E-state index in [2.05, 4.69) is 47.0 Å². The zero-order chi connectivity index (χ0) is 49.5. The lowest BCUT2D eigenvalue weighted by atomic mass is 9.84. The standard InChI is InChI=1S/C50H61F3N8O7/c1-10-41(62)58-27-49(51,50(52,53)28-58)46(65)57(8)61(30(3)4)47(66)55-39-24-32-15-12-16-33(23-32)34-19-20-40-36(25-34)37(43(59(40)11-2)35-17-13-21-54-42(35)31(5)67-9)26-48(6,7)29-68-45(64)38-18-14-22-60(56-38)44(39)63/h10,12-13,15-17,19-21,23,25,30-31,38-39,56H,1,11,14,18,22,24,26-29H2,2-9H3,(H,55,66)/t31-,38-,39-,49+/m0/s1. The molecule has 3 aliphatic rings. The first-order valence-electron chi connectivity index (χ1n) is 23.0. The van der Waals surface area contributed by atoms with E-state index in [1.54, 1.807) is 19.4 Å². The molecule has 5 heterocycles. The summed E-state index contributed by atoms with van der Waals surface area (Å²) < 4.78 is 61.0. The molecular formula is C50H61F3N8O7. The molecule has 2 aromatic carbocycles. The summed E-state index contributed by atoms with van der Waals surface area (Å²) in [5.41, 5.74) is 5.64. The van der Waals surface area contributed by atoms with Crippen LogP contribution in [0.25, 0.3) is 33.3 Å². The number of ether oxygens (including phenoxy) is 2. The molecule has 0 unspecified atom stereocenters. The zero-order valence-corrected chi connectivity index (χ0v) is 39.9. The molecule has 364 valence electrons. The van der Waals surface area contributed by atoms with Gasteiger partial charge in [-0.25, -0.2) is 33.4 Å². The van der Waals surface area contributed by atoms with E-state index in [0.717, 1.165) is 62.7 Å². The second kappa shape index (κ2) is 19.4. The minimum absolute atomic E-state index is 0.0525. The SMILES string of the molecule is C=CC(=O)N1CC(F)(F)[C@](F)(C(=O)N(C)N(C(=O)N[C@H]2Cc3cccc(c3)-c3ccc4c(c3)c(c(-c3cccnc3[C@H](C)OC)n4CC)CC(C)(C)COC(=O)[C@@H]3CCCN(N3)C2=O)C(C)C)C1. The van der Waals surface area contributed by atoms with E-state index in [1.807, 2.05) is 51.1 Å². The highest BCUT2D eigenvalue weighted by Gasteiger charge is 2.68. The lowest BCUT2D eigenvalue weighted by Gasteiger charge is -2.40. The van der Waals surface area contributed by atoms with Gasteiger partial charge in [-0.1, -0.05) is 50.8 Å². The van der Waals surface area contributed by atoms with Crippen LogP contribution < -0.4 is 10.7 Å². The van der Waals surface area contributed by atoms with E-state index in [4.69, 9.17) is 14.5 Å². The molecular weight excluding hydrogens is 882 g/mol. The number of alkyl halides is 3. The van der Waals surface area contributed by atoms with Crippen molar-refractivity contribution in [2.75, 3.05) is 40.4 Å². The van der Waals surface area contributed by atoms with Crippen molar-refractivity contribution in [3.8, 4) is 22.4 Å². The number of nitrogens with zero attached hydrogens (tertiary/aromatic N) is 6. The first kappa shape index (κ1) is 49.6. The van der Waals surface area contributed by atoms with E-state index in [1.165, 1.54) is 18.9 Å². The Morgan fingerprint density at radius 2 is 1.79 bits per heavy atom. The van der Waals surface area contributed by atoms with E-state index >= 15 is 13.2 Å². The Bertz CT molecular complexity index is 2620. The van der Waals surface area contributed by atoms with Crippen LogP contribution in [0.3, 0.4) is 0 Å². The van der Waals surface area contributed by atoms with Gasteiger partial charge in [-0.2, -0.15) is 0 Å². The minimum atomic E-state index is -4.30. The van der Waals surface area contributed by atoms with Crippen LogP contribution in [-0.2, 0) is 48.0 Å². The molecule has 0 saturated carbocycles. The molecule has 7 rings (SSSR count). The smallest absolute Gasteiger partial charge is 0.337 e. The minimum Gasteiger partial charge on any atom is -0.464 e. The quantitative estimate of drug-likeness (QED) is 0.110. The Morgan fingerprint density at radius 3 is 2.49 bits per heavy atom. The Kier molecular flexibility index (Phi) is 14.1. The van der Waals surface area contributed by atoms with Gasteiger partial charge in [0, 0.05) is 67.8 Å². The number of aromatic nitrogens is 2. The number of amides is 5. The van der Waals surface area contributed by atoms with Gasteiger partial charge in [-0.15, -0.1) is 0 Å². The molecule has 68 heavy (non-hydrogen) atoms. The van der Waals surface area contributed by atoms with Crippen LogP contribution in [0.1, 0.15) is 77.3 Å². The number of benzene rings is 2. The number of pyridine rings is 1. The first-order chi connectivity index (χ1) is 32.1. The number of carbonyl (C=O) groups excluding carboxylic acids is 5. The van der Waals surface area contributed by atoms with Crippen molar-refractivity contribution in [2.24, 2.45) is 5.41 Å². The third-order valence-electron chi connectivity index (χ3n) is 13.1. The highest BCUT2D eigenvalue weighted by molar-refractivity contribution is 5.96. The topological polar surface area (TPSA) is 159 Å². The highest BCUT2D eigenvalue weighted by atomic mass is 19.3. The summed E-state index contributed by atoms with van der Waals surface area (Å²) in [7, 11) is 2.63. The summed E-state index contributed by atoms with van der Waals surface area (Å²) in [4.78, 5) is 74.1. The number of hydrogen-bond donors (Lipinski definition) is 2. The van der Waals surface area contributed by atoms with Crippen molar-refractivity contribution >= 4 is 40.6 Å². The molecule has 2 N–H and O–H groups in total. The summed E-state index contributed by atoms with van der Waals surface area (Å²) in [6.45, 7) is 12.6. The Morgan fingerprint density at radius 1 is 1.06 bits per heavy atom. The predicted molar refractivity (Wildman–Crippen MR) is 249 cm³/mol. The molecule has 4 aromatic rings. The first-order valence-corrected chi connectivity index (χ1v) is 23.0. The lowest BCUT2D eigenvalue weighted by molar-refractivity contribution is -0.177. The fourth-order valence-electron chi connectivity index (χ4n) is 9.58. The van der Waals surface area contributed by atoms with Gasteiger partial charge in [0.05, 0.1) is 37.2 Å². The highest BCUT2D eigenvalue weighted by Crippen LogP contribution is 2.43. The van der Waals surface area contributed by atoms with Gasteiger partial charge in [0.2, 0.25) is 5.91 Å². The van der Waals surface area contributed by atoms with E-state index < -0.39 is 77.9 Å². The molecule has 2 saturated heterocycles. The van der Waals surface area contributed by atoms with Crippen LogP contribution in [0.2, 0.25) is 0 Å². The molecule has 0 spiro atoms. The van der Waals surface area contributed by atoms with Crippen molar-refractivity contribution < 1.29 is 46.6 Å². The van der Waals surface area contributed by atoms with E-state index in [0.29, 0.717) is 41.3 Å². The third-order valence-corrected chi connectivity index (χ3v) is 13.1. The number of likely N-dealkylation sites (tertiary alicyclic amines) is 1. The normalized spacial score (nSPS) is 22.1. The van der Waals surface area contributed by atoms with Crippen molar-refractivity contribution in [1.82, 2.24) is 40.2 Å². The number of rotatable bonds is 8. The zero-order valence-electron chi connectivity index (χ0n) is 39.9. The van der Waals surface area contributed by atoms with Crippen LogP contribution in [0, 0.1) is 5.41 Å². The number of nitrogens with one attached hydrogen (secondary N) is 2. The van der Waals surface area contributed by atoms with Gasteiger partial charge in [-0.3, -0.25) is 29.2 Å². The maximum absolute atomic E-state index is 16.3. The summed E-state index contributed by atoms with van der Waals surface area (Å²) in [5, 5.41) is 6.18. The van der Waals surface area contributed by atoms with Gasteiger partial charge in [0.1, 0.15) is 12.1 Å². The van der Waals surface area contributed by atoms with E-state index in [9.17, 15) is 24.0 Å². The molecule has 0 radical (unpaired) electrons. The van der Waals surface area contributed by atoms with Crippen LogP contribution in [0.4, 0.5) is 18.0 Å². The Balaban J connectivity index is 1.30. The molecule has 15 nitrogen and oxygen atoms in total. The van der Waals surface area contributed by atoms with Gasteiger partial charge in [0.15, 0.2) is 0 Å². The van der Waals surface area contributed by atoms with Crippen molar-refractivity contribution in [2.45, 2.75) is 110 Å². The van der Waals surface area contributed by atoms with Crippen molar-refractivity contribution in [3.63, 3.8) is 0 Å². The Labute approximate surface area is 394 Å². The number of halogens is 3. The monoisotopic (exact) mass is 942 g/mol. The summed E-state index contributed by atoms with van der Waals surface area (Å²) in [5.74, 6) is -8.23. The van der Waals surface area contributed by atoms with E-state index in [-0.39, 0.29) is 25.7 Å². The van der Waals surface area contributed by atoms with Gasteiger partial charge in [0.25, 0.3) is 17.5 Å².